The zero-order valence-electron chi connectivity index (χ0n) is 17.9. The number of anilines is 2. The van der Waals surface area contributed by atoms with E-state index in [9.17, 15) is 4.79 Å². The van der Waals surface area contributed by atoms with E-state index in [0.717, 1.165) is 56.4 Å². The molecule has 8 nitrogen and oxygen atoms in total. The summed E-state index contributed by atoms with van der Waals surface area (Å²) in [7, 11) is 0. The van der Waals surface area contributed by atoms with Gasteiger partial charge in [0.1, 0.15) is 0 Å². The molecule has 0 radical (unpaired) electrons. The van der Waals surface area contributed by atoms with Crippen LogP contribution in [-0.4, -0.2) is 57.6 Å². The van der Waals surface area contributed by atoms with Gasteiger partial charge in [0.05, 0.1) is 36.1 Å². The molecular formula is C23H28N6O2. The van der Waals surface area contributed by atoms with Crippen LogP contribution in [0.4, 0.5) is 11.5 Å². The highest BCUT2D eigenvalue weighted by molar-refractivity contribution is 5.81. The number of rotatable bonds is 4. The molecule has 1 aliphatic carbocycles. The van der Waals surface area contributed by atoms with Gasteiger partial charge < -0.3 is 14.9 Å². The first-order valence-corrected chi connectivity index (χ1v) is 11.1. The van der Waals surface area contributed by atoms with Gasteiger partial charge in [-0.2, -0.15) is 5.10 Å². The predicted molar refractivity (Wildman–Crippen MR) is 121 cm³/mol. The molecule has 8 heteroatoms. The molecule has 0 spiro atoms. The van der Waals surface area contributed by atoms with Crippen molar-refractivity contribution in [1.29, 1.82) is 0 Å². The molecule has 1 aromatic carbocycles. The Morgan fingerprint density at radius 2 is 1.90 bits per heavy atom. The van der Waals surface area contributed by atoms with E-state index in [1.807, 2.05) is 18.2 Å². The Hall–Kier alpha value is -3.00. The van der Waals surface area contributed by atoms with Gasteiger partial charge in [-0.15, -0.1) is 5.10 Å². The van der Waals surface area contributed by atoms with E-state index in [-0.39, 0.29) is 18.7 Å². The fourth-order valence-electron chi connectivity index (χ4n) is 4.65. The number of aromatic nitrogens is 4. The summed E-state index contributed by atoms with van der Waals surface area (Å²) >= 11 is 0. The number of piperazine rings is 1. The minimum atomic E-state index is -0.115. The average molecular weight is 421 g/mol. The molecule has 5 rings (SSSR count). The van der Waals surface area contributed by atoms with Crippen LogP contribution in [-0.2, 0) is 19.4 Å². The van der Waals surface area contributed by atoms with Crippen LogP contribution in [0.15, 0.2) is 35.4 Å². The van der Waals surface area contributed by atoms with Crippen molar-refractivity contribution in [2.45, 2.75) is 32.7 Å². The third-order valence-corrected chi connectivity index (χ3v) is 6.51. The normalized spacial score (nSPS) is 19.0. The van der Waals surface area contributed by atoms with Crippen LogP contribution in [0.3, 0.4) is 0 Å². The SMILES string of the molecule is CC1CCc2nnc(N3CCN(c4ccc5c(=O)n(CCO)cnc5c4)CC3)cc2C1. The second-order valence-corrected chi connectivity index (χ2v) is 8.66. The van der Waals surface area contributed by atoms with Crippen LogP contribution in [0, 0.1) is 5.92 Å². The summed E-state index contributed by atoms with van der Waals surface area (Å²) in [6.45, 7) is 6.00. The number of nitrogens with zero attached hydrogens (tertiary/aromatic N) is 6. The third-order valence-electron chi connectivity index (χ3n) is 6.51. The van der Waals surface area contributed by atoms with Crippen molar-refractivity contribution in [2.24, 2.45) is 5.92 Å². The summed E-state index contributed by atoms with van der Waals surface area (Å²) in [5, 5.41) is 18.7. The number of aliphatic hydroxyl groups is 1. The van der Waals surface area contributed by atoms with Crippen molar-refractivity contribution < 1.29 is 5.11 Å². The second kappa shape index (κ2) is 8.26. The van der Waals surface area contributed by atoms with Crippen LogP contribution in [0.2, 0.25) is 0 Å². The molecular weight excluding hydrogens is 392 g/mol. The molecule has 1 saturated heterocycles. The summed E-state index contributed by atoms with van der Waals surface area (Å²) in [6.07, 6.45) is 4.86. The Balaban J connectivity index is 1.30. The van der Waals surface area contributed by atoms with Gasteiger partial charge in [0.25, 0.3) is 5.56 Å². The number of aryl methyl sites for hydroxylation is 1. The molecule has 1 N–H and O–H groups in total. The zero-order chi connectivity index (χ0) is 21.4. The number of benzene rings is 1. The van der Waals surface area contributed by atoms with Crippen molar-refractivity contribution in [2.75, 3.05) is 42.6 Å². The van der Waals surface area contributed by atoms with E-state index >= 15 is 0 Å². The molecule has 1 atom stereocenters. The Kier molecular flexibility index (Phi) is 5.31. The van der Waals surface area contributed by atoms with Gasteiger partial charge in [0, 0.05) is 31.9 Å². The molecule has 0 saturated carbocycles. The number of hydrogen-bond donors (Lipinski definition) is 1. The second-order valence-electron chi connectivity index (χ2n) is 8.66. The summed E-state index contributed by atoms with van der Waals surface area (Å²) in [5.41, 5.74) is 4.18. The quantitative estimate of drug-likeness (QED) is 0.686. The van der Waals surface area contributed by atoms with Crippen molar-refractivity contribution in [3.05, 3.63) is 52.2 Å². The number of aliphatic hydroxyl groups excluding tert-OH is 1. The zero-order valence-corrected chi connectivity index (χ0v) is 17.9. The van der Waals surface area contributed by atoms with E-state index in [0.29, 0.717) is 10.9 Å². The molecule has 1 unspecified atom stereocenters. The van der Waals surface area contributed by atoms with E-state index in [1.54, 1.807) is 0 Å². The van der Waals surface area contributed by atoms with Crippen molar-refractivity contribution in [3.63, 3.8) is 0 Å². The lowest BCUT2D eigenvalue weighted by atomic mass is 9.88. The largest absolute Gasteiger partial charge is 0.395 e. The maximum atomic E-state index is 12.5. The predicted octanol–water partition coefficient (Wildman–Crippen LogP) is 1.63. The average Bonchev–Trinajstić information content (AvgIpc) is 2.80. The van der Waals surface area contributed by atoms with E-state index in [4.69, 9.17) is 5.11 Å². The molecule has 3 heterocycles. The van der Waals surface area contributed by atoms with Gasteiger partial charge in [0.15, 0.2) is 5.82 Å². The van der Waals surface area contributed by atoms with Gasteiger partial charge in [-0.05, 0) is 55.0 Å². The lowest BCUT2D eigenvalue weighted by Crippen LogP contribution is -2.47. The van der Waals surface area contributed by atoms with E-state index < -0.39 is 0 Å². The fourth-order valence-corrected chi connectivity index (χ4v) is 4.65. The number of fused-ring (bicyclic) bond motifs is 2. The first-order chi connectivity index (χ1) is 15.1. The lowest BCUT2D eigenvalue weighted by molar-refractivity contribution is 0.274. The summed E-state index contributed by atoms with van der Waals surface area (Å²) in [5.74, 6) is 1.70. The molecule has 0 amide bonds. The highest BCUT2D eigenvalue weighted by Crippen LogP contribution is 2.27. The Labute approximate surface area is 181 Å². The topological polar surface area (TPSA) is 87.4 Å². The van der Waals surface area contributed by atoms with Crippen LogP contribution >= 0.6 is 0 Å². The van der Waals surface area contributed by atoms with E-state index in [1.165, 1.54) is 28.6 Å². The van der Waals surface area contributed by atoms with Crippen molar-refractivity contribution in [1.82, 2.24) is 19.7 Å². The molecule has 3 aromatic rings. The van der Waals surface area contributed by atoms with Gasteiger partial charge in [-0.1, -0.05) is 6.92 Å². The fraction of sp³-hybridized carbons (Fsp3) is 0.478. The Bertz CT molecular complexity index is 1150. The minimum Gasteiger partial charge on any atom is -0.395 e. The molecule has 1 aliphatic heterocycles. The van der Waals surface area contributed by atoms with Crippen molar-refractivity contribution >= 4 is 22.4 Å². The van der Waals surface area contributed by atoms with Crippen LogP contribution in [0.1, 0.15) is 24.6 Å². The molecule has 0 bridgehead atoms. The summed E-state index contributed by atoms with van der Waals surface area (Å²) < 4.78 is 1.45. The monoisotopic (exact) mass is 420 g/mol. The minimum absolute atomic E-state index is 0.0803. The standard InChI is InChI=1S/C23H28N6O2/c1-16-2-5-20-17(12-16)13-22(26-25-20)28-8-6-27(7-9-28)18-3-4-19-21(14-18)24-15-29(10-11-30)23(19)31/h3-4,13-16,30H,2,5-12H2,1H3. The maximum absolute atomic E-state index is 12.5. The molecule has 162 valence electrons. The molecule has 2 aliphatic rings. The van der Waals surface area contributed by atoms with Gasteiger partial charge in [-0.25, -0.2) is 4.98 Å². The molecule has 1 fully saturated rings. The smallest absolute Gasteiger partial charge is 0.261 e. The first-order valence-electron chi connectivity index (χ1n) is 11.1. The maximum Gasteiger partial charge on any atom is 0.261 e. The molecule has 2 aromatic heterocycles. The Morgan fingerprint density at radius 1 is 1.10 bits per heavy atom. The van der Waals surface area contributed by atoms with Crippen LogP contribution in [0.25, 0.3) is 10.9 Å². The van der Waals surface area contributed by atoms with Crippen molar-refractivity contribution in [3.8, 4) is 0 Å². The number of hydrogen-bond acceptors (Lipinski definition) is 7. The van der Waals surface area contributed by atoms with Gasteiger partial charge in [-0.3, -0.25) is 9.36 Å². The van der Waals surface area contributed by atoms with Gasteiger partial charge in [0.2, 0.25) is 0 Å². The van der Waals surface area contributed by atoms with E-state index in [2.05, 4.69) is 38.0 Å². The van der Waals surface area contributed by atoms with Crippen LogP contribution < -0.4 is 15.4 Å². The first kappa shape index (κ1) is 19.9. The third kappa shape index (κ3) is 3.87. The highest BCUT2D eigenvalue weighted by Gasteiger charge is 2.22. The lowest BCUT2D eigenvalue weighted by Gasteiger charge is -2.37. The summed E-state index contributed by atoms with van der Waals surface area (Å²) in [4.78, 5) is 21.6. The summed E-state index contributed by atoms with van der Waals surface area (Å²) in [6, 6.07) is 8.06. The van der Waals surface area contributed by atoms with Gasteiger partial charge >= 0.3 is 0 Å². The van der Waals surface area contributed by atoms with Crippen LogP contribution in [0.5, 0.6) is 0 Å². The Morgan fingerprint density at radius 3 is 2.71 bits per heavy atom. The molecule has 31 heavy (non-hydrogen) atoms. The highest BCUT2D eigenvalue weighted by atomic mass is 16.3.